The minimum atomic E-state index is -0.917. The van der Waals surface area contributed by atoms with Crippen LogP contribution in [0.5, 0.6) is 5.75 Å². The Kier molecular flexibility index (Phi) is 5.87. The predicted molar refractivity (Wildman–Crippen MR) is 91.7 cm³/mol. The molecule has 0 aliphatic carbocycles. The summed E-state index contributed by atoms with van der Waals surface area (Å²) in [4.78, 5) is 0. The summed E-state index contributed by atoms with van der Waals surface area (Å²) in [6.45, 7) is 2.03. The molecule has 2 rings (SSSR count). The normalized spacial score (nSPS) is 11.7. The molecule has 0 radical (unpaired) electrons. The summed E-state index contributed by atoms with van der Waals surface area (Å²) in [5, 5.41) is 6.37. The maximum absolute atomic E-state index is 13.2. The van der Waals surface area contributed by atoms with Gasteiger partial charge in [0.05, 0.1) is 13.2 Å². The van der Waals surface area contributed by atoms with E-state index in [4.69, 9.17) is 17.0 Å². The Labute approximate surface area is 139 Å². The first-order valence-corrected chi connectivity index (χ1v) is 7.60. The first-order chi connectivity index (χ1) is 11.0. The van der Waals surface area contributed by atoms with Gasteiger partial charge in [0.25, 0.3) is 0 Å². The van der Waals surface area contributed by atoms with Crippen LogP contribution in [0.3, 0.4) is 0 Å². The van der Waals surface area contributed by atoms with Gasteiger partial charge < -0.3 is 15.4 Å². The molecular weight excluding hydrogens is 318 g/mol. The van der Waals surface area contributed by atoms with E-state index in [1.165, 1.54) is 6.07 Å². The topological polar surface area (TPSA) is 33.3 Å². The molecule has 0 aromatic heterocycles. The van der Waals surface area contributed by atoms with Crippen molar-refractivity contribution >= 4 is 23.0 Å². The van der Waals surface area contributed by atoms with Gasteiger partial charge in [-0.2, -0.15) is 0 Å². The highest BCUT2D eigenvalue weighted by molar-refractivity contribution is 7.80. The third-order valence-electron chi connectivity index (χ3n) is 3.41. The van der Waals surface area contributed by atoms with Gasteiger partial charge in [0.2, 0.25) is 0 Å². The molecule has 23 heavy (non-hydrogen) atoms. The number of halogens is 2. The van der Waals surface area contributed by atoms with Crippen molar-refractivity contribution in [2.45, 2.75) is 19.4 Å². The van der Waals surface area contributed by atoms with E-state index in [0.29, 0.717) is 10.8 Å². The van der Waals surface area contributed by atoms with Crippen LogP contribution in [-0.2, 0) is 0 Å². The average Bonchev–Trinajstić information content (AvgIpc) is 2.56. The molecule has 0 saturated carbocycles. The summed E-state index contributed by atoms with van der Waals surface area (Å²) in [6.07, 6.45) is 0.811. The van der Waals surface area contributed by atoms with E-state index in [9.17, 15) is 8.78 Å². The van der Waals surface area contributed by atoms with Gasteiger partial charge in [-0.25, -0.2) is 8.78 Å². The summed E-state index contributed by atoms with van der Waals surface area (Å²) in [7, 11) is 1.62. The zero-order chi connectivity index (χ0) is 16.8. The largest absolute Gasteiger partial charge is 0.497 e. The van der Waals surface area contributed by atoms with Crippen molar-refractivity contribution in [1.29, 1.82) is 0 Å². The second kappa shape index (κ2) is 7.87. The van der Waals surface area contributed by atoms with Crippen LogP contribution in [0.2, 0.25) is 0 Å². The number of ether oxygens (including phenoxy) is 1. The monoisotopic (exact) mass is 336 g/mol. The Morgan fingerprint density at radius 2 is 1.83 bits per heavy atom. The molecule has 2 aromatic rings. The molecule has 0 aliphatic rings. The number of benzene rings is 2. The lowest BCUT2D eigenvalue weighted by atomic mass is 10.0. The standard InChI is InChI=1S/C17H18F2N2OS/c1-3-16(11-4-7-13(22-2)8-5-11)21-17(23)20-12-6-9-14(18)15(19)10-12/h4-10,16H,3H2,1-2H3,(H2,20,21,23). The third kappa shape index (κ3) is 4.63. The summed E-state index contributed by atoms with van der Waals surface area (Å²) < 4.78 is 31.3. The quantitative estimate of drug-likeness (QED) is 0.793. The maximum Gasteiger partial charge on any atom is 0.171 e. The smallest absolute Gasteiger partial charge is 0.171 e. The van der Waals surface area contributed by atoms with Crippen LogP contribution in [0.1, 0.15) is 24.9 Å². The first-order valence-electron chi connectivity index (χ1n) is 7.20. The molecule has 6 heteroatoms. The van der Waals surface area contributed by atoms with Gasteiger partial charge in [-0.15, -0.1) is 0 Å². The molecule has 1 unspecified atom stereocenters. The van der Waals surface area contributed by atoms with E-state index in [0.717, 1.165) is 29.9 Å². The Balaban J connectivity index is 2.02. The number of rotatable bonds is 5. The van der Waals surface area contributed by atoms with Crippen LogP contribution in [0.4, 0.5) is 14.5 Å². The van der Waals surface area contributed by atoms with Crippen molar-refractivity contribution in [3.8, 4) is 5.75 Å². The number of thiocarbonyl (C=S) groups is 1. The van der Waals surface area contributed by atoms with Crippen molar-refractivity contribution in [3.63, 3.8) is 0 Å². The lowest BCUT2D eigenvalue weighted by Gasteiger charge is -2.20. The van der Waals surface area contributed by atoms with Gasteiger partial charge >= 0.3 is 0 Å². The van der Waals surface area contributed by atoms with E-state index in [1.54, 1.807) is 7.11 Å². The van der Waals surface area contributed by atoms with E-state index in [-0.39, 0.29) is 6.04 Å². The van der Waals surface area contributed by atoms with Gasteiger partial charge in [0.1, 0.15) is 5.75 Å². The number of hydrogen-bond acceptors (Lipinski definition) is 2. The second-order valence-electron chi connectivity index (χ2n) is 4.96. The lowest BCUT2D eigenvalue weighted by Crippen LogP contribution is -2.32. The van der Waals surface area contributed by atoms with Gasteiger partial charge in [-0.3, -0.25) is 0 Å². The molecular formula is C17H18F2N2OS. The summed E-state index contributed by atoms with van der Waals surface area (Å²) in [6, 6.07) is 11.2. The summed E-state index contributed by atoms with van der Waals surface area (Å²) in [5.74, 6) is -1.02. The van der Waals surface area contributed by atoms with Gasteiger partial charge in [0, 0.05) is 11.8 Å². The predicted octanol–water partition coefficient (Wildman–Crippen LogP) is 4.41. The Morgan fingerprint density at radius 3 is 2.39 bits per heavy atom. The van der Waals surface area contributed by atoms with Crippen molar-refractivity contribution in [1.82, 2.24) is 5.32 Å². The second-order valence-corrected chi connectivity index (χ2v) is 5.37. The third-order valence-corrected chi connectivity index (χ3v) is 3.63. The zero-order valence-corrected chi connectivity index (χ0v) is 13.7. The molecule has 0 spiro atoms. The average molecular weight is 336 g/mol. The number of methoxy groups -OCH3 is 1. The van der Waals surface area contributed by atoms with Crippen LogP contribution in [-0.4, -0.2) is 12.2 Å². The molecule has 0 fully saturated rings. The minimum Gasteiger partial charge on any atom is -0.497 e. The first kappa shape index (κ1) is 17.1. The molecule has 2 aromatic carbocycles. The van der Waals surface area contributed by atoms with Crippen LogP contribution >= 0.6 is 12.2 Å². The molecule has 0 heterocycles. The van der Waals surface area contributed by atoms with Gasteiger partial charge in [-0.05, 0) is 48.5 Å². The molecule has 122 valence electrons. The molecule has 0 saturated heterocycles. The molecule has 2 N–H and O–H groups in total. The molecule has 0 bridgehead atoms. The van der Waals surface area contributed by atoms with Crippen molar-refractivity contribution < 1.29 is 13.5 Å². The van der Waals surface area contributed by atoms with Crippen molar-refractivity contribution in [3.05, 3.63) is 59.7 Å². The van der Waals surface area contributed by atoms with Gasteiger partial charge in [-0.1, -0.05) is 19.1 Å². The van der Waals surface area contributed by atoms with Crippen LogP contribution in [0, 0.1) is 11.6 Å². The minimum absolute atomic E-state index is 0.00574. The van der Waals surface area contributed by atoms with Gasteiger partial charge in [0.15, 0.2) is 16.7 Å². The maximum atomic E-state index is 13.2. The Bertz CT molecular complexity index is 677. The van der Waals surface area contributed by atoms with Crippen molar-refractivity contribution in [2.75, 3.05) is 12.4 Å². The lowest BCUT2D eigenvalue weighted by molar-refractivity contribution is 0.414. The fraction of sp³-hybridized carbons (Fsp3) is 0.235. The molecule has 3 nitrogen and oxygen atoms in total. The summed E-state index contributed by atoms with van der Waals surface area (Å²) in [5.41, 5.74) is 1.45. The highest BCUT2D eigenvalue weighted by atomic mass is 32.1. The van der Waals surface area contributed by atoms with E-state index in [1.807, 2.05) is 31.2 Å². The number of nitrogens with one attached hydrogen (secondary N) is 2. The fourth-order valence-electron chi connectivity index (χ4n) is 2.16. The van der Waals surface area contributed by atoms with E-state index in [2.05, 4.69) is 10.6 Å². The highest BCUT2D eigenvalue weighted by Crippen LogP contribution is 2.20. The van der Waals surface area contributed by atoms with E-state index >= 15 is 0 Å². The number of anilines is 1. The number of hydrogen-bond donors (Lipinski definition) is 2. The molecule has 0 amide bonds. The molecule has 0 aliphatic heterocycles. The van der Waals surface area contributed by atoms with Crippen LogP contribution in [0.15, 0.2) is 42.5 Å². The molecule has 1 atom stereocenters. The Morgan fingerprint density at radius 1 is 1.13 bits per heavy atom. The fourth-order valence-corrected chi connectivity index (χ4v) is 2.42. The highest BCUT2D eigenvalue weighted by Gasteiger charge is 2.11. The Hall–Kier alpha value is -2.21. The SMILES string of the molecule is CCC(NC(=S)Nc1ccc(F)c(F)c1)c1ccc(OC)cc1. The van der Waals surface area contributed by atoms with E-state index < -0.39 is 11.6 Å². The van der Waals surface area contributed by atoms with Crippen LogP contribution in [0.25, 0.3) is 0 Å². The van der Waals surface area contributed by atoms with Crippen LogP contribution < -0.4 is 15.4 Å². The zero-order valence-electron chi connectivity index (χ0n) is 12.9. The summed E-state index contributed by atoms with van der Waals surface area (Å²) >= 11 is 5.24. The van der Waals surface area contributed by atoms with Crippen molar-refractivity contribution in [2.24, 2.45) is 0 Å².